The van der Waals surface area contributed by atoms with E-state index in [4.69, 9.17) is 11.6 Å². The Morgan fingerprint density at radius 3 is 2.33 bits per heavy atom. The van der Waals surface area contributed by atoms with Gasteiger partial charge in [0.05, 0.1) is 6.42 Å². The third-order valence-electron chi connectivity index (χ3n) is 5.65. The molecule has 0 radical (unpaired) electrons. The summed E-state index contributed by atoms with van der Waals surface area (Å²) in [4.78, 5) is 12.5. The Morgan fingerprint density at radius 2 is 1.67 bits per heavy atom. The third-order valence-corrected chi connectivity index (χ3v) is 5.88. The molecule has 1 aliphatic carbocycles. The largest absolute Gasteiger partial charge is 0.326 e. The van der Waals surface area contributed by atoms with E-state index < -0.39 is 0 Å². The van der Waals surface area contributed by atoms with Gasteiger partial charge in [0, 0.05) is 10.7 Å². The molecule has 30 heavy (non-hydrogen) atoms. The summed E-state index contributed by atoms with van der Waals surface area (Å²) in [5.74, 6) is -0.00458. The van der Waals surface area contributed by atoms with Gasteiger partial charge in [0.15, 0.2) is 0 Å². The van der Waals surface area contributed by atoms with Crippen molar-refractivity contribution in [1.29, 1.82) is 0 Å². The van der Waals surface area contributed by atoms with Gasteiger partial charge in [-0.2, -0.15) is 0 Å². The van der Waals surface area contributed by atoms with Gasteiger partial charge in [0.2, 0.25) is 5.91 Å². The molecule has 0 fully saturated rings. The zero-order valence-electron chi connectivity index (χ0n) is 17.2. The molecule has 3 aromatic rings. The molecule has 0 heterocycles. The molecule has 152 valence electrons. The fourth-order valence-corrected chi connectivity index (χ4v) is 4.24. The minimum absolute atomic E-state index is 0.00458. The number of carbonyl (C=O) groups excluding carboxylic acids is 1. The van der Waals surface area contributed by atoms with Crippen LogP contribution >= 0.6 is 11.6 Å². The highest BCUT2D eigenvalue weighted by molar-refractivity contribution is 6.30. The van der Waals surface area contributed by atoms with Gasteiger partial charge < -0.3 is 5.32 Å². The van der Waals surface area contributed by atoms with Crippen LogP contribution in [0.1, 0.15) is 42.4 Å². The fourth-order valence-electron chi connectivity index (χ4n) is 4.01. The molecule has 0 atom stereocenters. The lowest BCUT2D eigenvalue weighted by molar-refractivity contribution is -0.115. The van der Waals surface area contributed by atoms with Crippen LogP contribution in [0.4, 0.5) is 5.69 Å². The Hall–Kier alpha value is -2.84. The Kier molecular flexibility index (Phi) is 6.35. The van der Waals surface area contributed by atoms with E-state index in [9.17, 15) is 4.79 Å². The summed E-state index contributed by atoms with van der Waals surface area (Å²) in [5.41, 5.74) is 7.94. The Morgan fingerprint density at radius 1 is 0.933 bits per heavy atom. The fraction of sp³-hybridized carbons (Fsp3) is 0.222. The first-order valence-electron chi connectivity index (χ1n) is 10.5. The number of allylic oxidation sites excluding steroid dienone is 2. The quantitative estimate of drug-likeness (QED) is 0.460. The second-order valence-corrected chi connectivity index (χ2v) is 8.37. The molecule has 3 aromatic carbocycles. The van der Waals surface area contributed by atoms with Gasteiger partial charge in [-0.15, -0.1) is 0 Å². The van der Waals surface area contributed by atoms with Crippen molar-refractivity contribution in [2.24, 2.45) is 0 Å². The average molecular weight is 416 g/mol. The number of carbonyl (C=O) groups is 1. The van der Waals surface area contributed by atoms with Crippen LogP contribution in [-0.4, -0.2) is 5.91 Å². The van der Waals surface area contributed by atoms with Crippen LogP contribution in [-0.2, 0) is 11.2 Å². The first-order chi connectivity index (χ1) is 14.6. The second kappa shape index (κ2) is 9.32. The van der Waals surface area contributed by atoms with Crippen molar-refractivity contribution >= 4 is 28.8 Å². The lowest BCUT2D eigenvalue weighted by Crippen LogP contribution is -2.14. The number of nitrogens with one attached hydrogen (secondary N) is 1. The van der Waals surface area contributed by atoms with E-state index in [2.05, 4.69) is 35.7 Å². The number of benzene rings is 3. The summed E-state index contributed by atoms with van der Waals surface area (Å²) in [7, 11) is 0. The molecule has 0 spiro atoms. The van der Waals surface area contributed by atoms with Gasteiger partial charge in [-0.3, -0.25) is 4.79 Å². The summed E-state index contributed by atoms with van der Waals surface area (Å²) < 4.78 is 0. The van der Waals surface area contributed by atoms with Crippen LogP contribution in [0.25, 0.3) is 16.7 Å². The highest BCUT2D eigenvalue weighted by Gasteiger charge is 2.09. The van der Waals surface area contributed by atoms with E-state index in [0.29, 0.717) is 6.42 Å². The van der Waals surface area contributed by atoms with Gasteiger partial charge in [0.25, 0.3) is 0 Å². The SMILES string of the molecule is Cc1cc(Cl)ccc1-c1ccc(NC(=O)Cc2ccc(C3=CCCCC3)cc2)cc1. The number of halogens is 1. The first-order valence-corrected chi connectivity index (χ1v) is 10.9. The smallest absolute Gasteiger partial charge is 0.228 e. The van der Waals surface area contributed by atoms with Crippen molar-refractivity contribution in [2.45, 2.75) is 39.0 Å². The number of amides is 1. The molecule has 3 heteroatoms. The minimum Gasteiger partial charge on any atom is -0.326 e. The molecule has 1 amide bonds. The summed E-state index contributed by atoms with van der Waals surface area (Å²) in [6.45, 7) is 2.05. The molecule has 2 nitrogen and oxygen atoms in total. The highest BCUT2D eigenvalue weighted by atomic mass is 35.5. The van der Waals surface area contributed by atoms with Crippen molar-refractivity contribution in [1.82, 2.24) is 0 Å². The molecular formula is C27H26ClNO. The van der Waals surface area contributed by atoms with Crippen molar-refractivity contribution in [3.63, 3.8) is 0 Å². The number of hydrogen-bond acceptors (Lipinski definition) is 1. The molecule has 0 bridgehead atoms. The monoisotopic (exact) mass is 415 g/mol. The normalized spacial score (nSPS) is 13.6. The van der Waals surface area contributed by atoms with Crippen molar-refractivity contribution in [3.8, 4) is 11.1 Å². The van der Waals surface area contributed by atoms with Crippen LogP contribution < -0.4 is 5.32 Å². The zero-order valence-corrected chi connectivity index (χ0v) is 18.0. The highest BCUT2D eigenvalue weighted by Crippen LogP contribution is 2.28. The summed E-state index contributed by atoms with van der Waals surface area (Å²) >= 11 is 6.05. The van der Waals surface area contributed by atoms with E-state index in [1.165, 1.54) is 30.4 Å². The number of rotatable bonds is 5. The molecule has 0 unspecified atom stereocenters. The topological polar surface area (TPSA) is 29.1 Å². The van der Waals surface area contributed by atoms with Crippen molar-refractivity contribution < 1.29 is 4.79 Å². The van der Waals surface area contributed by atoms with Gasteiger partial charge in [0.1, 0.15) is 0 Å². The van der Waals surface area contributed by atoms with Crippen LogP contribution in [0.2, 0.25) is 5.02 Å². The lowest BCUT2D eigenvalue weighted by atomic mass is 9.93. The van der Waals surface area contributed by atoms with E-state index in [1.807, 2.05) is 49.4 Å². The van der Waals surface area contributed by atoms with Gasteiger partial charge in [-0.05, 0) is 90.3 Å². The third kappa shape index (κ3) is 5.01. The van der Waals surface area contributed by atoms with E-state index in [1.54, 1.807) is 0 Å². The second-order valence-electron chi connectivity index (χ2n) is 7.93. The Balaban J connectivity index is 1.37. The maximum Gasteiger partial charge on any atom is 0.228 e. The standard InChI is InChI=1S/C27H26ClNO/c1-19-17-24(28)13-16-26(19)23-11-14-25(15-12-23)29-27(30)18-20-7-9-22(10-8-20)21-5-3-2-4-6-21/h5,7-17H,2-4,6,18H2,1H3,(H,29,30). The van der Waals surface area contributed by atoms with Crippen LogP contribution in [0.15, 0.2) is 72.8 Å². The zero-order chi connectivity index (χ0) is 20.9. The molecule has 1 aliphatic rings. The van der Waals surface area contributed by atoms with Crippen LogP contribution in [0.5, 0.6) is 0 Å². The van der Waals surface area contributed by atoms with E-state index in [0.717, 1.165) is 39.4 Å². The number of aryl methyl sites for hydroxylation is 1. The average Bonchev–Trinajstić information content (AvgIpc) is 2.76. The first kappa shape index (κ1) is 20.4. The molecular weight excluding hydrogens is 390 g/mol. The number of anilines is 1. The predicted molar refractivity (Wildman–Crippen MR) is 127 cm³/mol. The van der Waals surface area contributed by atoms with Gasteiger partial charge in [-0.1, -0.05) is 60.1 Å². The maximum absolute atomic E-state index is 12.5. The summed E-state index contributed by atoms with van der Waals surface area (Å²) in [6, 6.07) is 22.2. The minimum atomic E-state index is -0.00458. The van der Waals surface area contributed by atoms with Crippen LogP contribution in [0.3, 0.4) is 0 Å². The summed E-state index contributed by atoms with van der Waals surface area (Å²) in [5, 5.41) is 3.74. The van der Waals surface area contributed by atoms with E-state index >= 15 is 0 Å². The van der Waals surface area contributed by atoms with Gasteiger partial charge >= 0.3 is 0 Å². The van der Waals surface area contributed by atoms with Crippen molar-refractivity contribution in [3.05, 3.63) is 94.5 Å². The number of hydrogen-bond donors (Lipinski definition) is 1. The Bertz CT molecular complexity index is 1070. The lowest BCUT2D eigenvalue weighted by Gasteiger charge is -2.13. The summed E-state index contributed by atoms with van der Waals surface area (Å²) in [6.07, 6.45) is 7.62. The molecule has 0 saturated heterocycles. The molecule has 0 aromatic heterocycles. The van der Waals surface area contributed by atoms with Crippen LogP contribution in [0, 0.1) is 6.92 Å². The van der Waals surface area contributed by atoms with Gasteiger partial charge in [-0.25, -0.2) is 0 Å². The molecule has 4 rings (SSSR count). The molecule has 1 N–H and O–H groups in total. The van der Waals surface area contributed by atoms with Crippen molar-refractivity contribution in [2.75, 3.05) is 5.32 Å². The maximum atomic E-state index is 12.5. The Labute approximate surface area is 183 Å². The van der Waals surface area contributed by atoms with E-state index in [-0.39, 0.29) is 5.91 Å². The molecule has 0 saturated carbocycles. The molecule has 0 aliphatic heterocycles. The predicted octanol–water partition coefficient (Wildman–Crippen LogP) is 7.45.